The lowest BCUT2D eigenvalue weighted by atomic mass is 10.1. The first kappa shape index (κ1) is 14.5. The number of unbranched alkanes of at least 4 members (excludes halogenated alkanes) is 3. The normalized spacial score (nSPS) is 22.8. The Hall–Kier alpha value is -0.570. The number of carboxylic acid groups (broad SMARTS) is 1. The van der Waals surface area contributed by atoms with E-state index in [9.17, 15) is 4.79 Å². The smallest absolute Gasteiger partial charge is 0.304 e. The van der Waals surface area contributed by atoms with Crippen molar-refractivity contribution in [2.75, 3.05) is 6.54 Å². The molecule has 0 spiro atoms. The van der Waals surface area contributed by atoms with Crippen LogP contribution in [0.3, 0.4) is 0 Å². The Morgan fingerprint density at radius 1 is 1.41 bits per heavy atom. The van der Waals surface area contributed by atoms with Crippen LogP contribution in [0.2, 0.25) is 0 Å². The highest BCUT2D eigenvalue weighted by Crippen LogP contribution is 2.24. The molecule has 1 rings (SSSR count). The molecule has 17 heavy (non-hydrogen) atoms. The SMILES string of the molecule is CCCCCCC(C)N1CCCC1CC(=O)O. The van der Waals surface area contributed by atoms with Gasteiger partial charge < -0.3 is 5.11 Å². The van der Waals surface area contributed by atoms with Gasteiger partial charge in [-0.1, -0.05) is 32.6 Å². The Morgan fingerprint density at radius 2 is 2.18 bits per heavy atom. The van der Waals surface area contributed by atoms with Crippen molar-refractivity contribution in [3.63, 3.8) is 0 Å². The van der Waals surface area contributed by atoms with E-state index in [0.29, 0.717) is 12.5 Å². The number of likely N-dealkylation sites (tertiary alicyclic amines) is 1. The van der Waals surface area contributed by atoms with Gasteiger partial charge >= 0.3 is 5.97 Å². The summed E-state index contributed by atoms with van der Waals surface area (Å²) in [5.41, 5.74) is 0. The first-order valence-electron chi connectivity index (χ1n) is 7.12. The average molecular weight is 241 g/mol. The Kier molecular flexibility index (Phi) is 6.56. The fraction of sp³-hybridized carbons (Fsp3) is 0.929. The Morgan fingerprint density at radius 3 is 2.82 bits per heavy atom. The maximum atomic E-state index is 10.8. The second kappa shape index (κ2) is 7.70. The second-order valence-corrected chi connectivity index (χ2v) is 5.33. The van der Waals surface area contributed by atoms with Crippen molar-refractivity contribution in [2.24, 2.45) is 0 Å². The Labute approximate surface area is 105 Å². The van der Waals surface area contributed by atoms with Gasteiger partial charge in [-0.05, 0) is 32.7 Å². The van der Waals surface area contributed by atoms with Gasteiger partial charge in [-0.3, -0.25) is 9.69 Å². The molecule has 3 heteroatoms. The minimum Gasteiger partial charge on any atom is -0.481 e. The number of rotatable bonds is 8. The van der Waals surface area contributed by atoms with E-state index in [1.54, 1.807) is 0 Å². The van der Waals surface area contributed by atoms with E-state index < -0.39 is 5.97 Å². The molecule has 1 aliphatic rings. The monoisotopic (exact) mass is 241 g/mol. The third-order valence-corrected chi connectivity index (χ3v) is 3.87. The van der Waals surface area contributed by atoms with E-state index in [0.717, 1.165) is 19.4 Å². The third-order valence-electron chi connectivity index (χ3n) is 3.87. The van der Waals surface area contributed by atoms with Crippen molar-refractivity contribution in [3.05, 3.63) is 0 Å². The molecular weight excluding hydrogens is 214 g/mol. The van der Waals surface area contributed by atoms with Crippen molar-refractivity contribution in [2.45, 2.75) is 77.3 Å². The highest BCUT2D eigenvalue weighted by atomic mass is 16.4. The van der Waals surface area contributed by atoms with Crippen LogP contribution < -0.4 is 0 Å². The van der Waals surface area contributed by atoms with E-state index in [-0.39, 0.29) is 6.04 Å². The predicted molar refractivity (Wildman–Crippen MR) is 70.2 cm³/mol. The lowest BCUT2D eigenvalue weighted by molar-refractivity contribution is -0.138. The molecule has 0 bridgehead atoms. The predicted octanol–water partition coefficient (Wildman–Crippen LogP) is 3.28. The van der Waals surface area contributed by atoms with Crippen LogP contribution in [0.1, 0.15) is 65.2 Å². The van der Waals surface area contributed by atoms with Crippen molar-refractivity contribution in [3.8, 4) is 0 Å². The van der Waals surface area contributed by atoms with Gasteiger partial charge in [0.1, 0.15) is 0 Å². The van der Waals surface area contributed by atoms with Gasteiger partial charge in [-0.15, -0.1) is 0 Å². The molecule has 0 amide bonds. The maximum Gasteiger partial charge on any atom is 0.304 e. The van der Waals surface area contributed by atoms with Crippen LogP contribution in [0.25, 0.3) is 0 Å². The summed E-state index contributed by atoms with van der Waals surface area (Å²) in [6, 6.07) is 0.840. The largest absolute Gasteiger partial charge is 0.481 e. The maximum absolute atomic E-state index is 10.8. The van der Waals surface area contributed by atoms with Gasteiger partial charge in [-0.2, -0.15) is 0 Å². The zero-order chi connectivity index (χ0) is 12.7. The van der Waals surface area contributed by atoms with E-state index in [1.165, 1.54) is 32.1 Å². The minimum absolute atomic E-state index is 0.286. The molecule has 3 nitrogen and oxygen atoms in total. The van der Waals surface area contributed by atoms with Crippen molar-refractivity contribution in [1.29, 1.82) is 0 Å². The number of hydrogen-bond donors (Lipinski definition) is 1. The molecule has 100 valence electrons. The molecule has 1 saturated heterocycles. The summed E-state index contributed by atoms with van der Waals surface area (Å²) >= 11 is 0. The van der Waals surface area contributed by atoms with Crippen molar-refractivity contribution >= 4 is 5.97 Å². The number of carbonyl (C=O) groups is 1. The van der Waals surface area contributed by atoms with Gasteiger partial charge in [0.2, 0.25) is 0 Å². The third kappa shape index (κ3) is 5.07. The van der Waals surface area contributed by atoms with Crippen LogP contribution in [-0.4, -0.2) is 34.6 Å². The molecule has 1 aliphatic heterocycles. The van der Waals surface area contributed by atoms with Crippen LogP contribution >= 0.6 is 0 Å². The first-order chi connectivity index (χ1) is 8.15. The molecule has 2 atom stereocenters. The van der Waals surface area contributed by atoms with Crippen LogP contribution in [0, 0.1) is 0 Å². The van der Waals surface area contributed by atoms with Gasteiger partial charge in [0.05, 0.1) is 6.42 Å². The second-order valence-electron chi connectivity index (χ2n) is 5.33. The summed E-state index contributed by atoms with van der Waals surface area (Å²) < 4.78 is 0. The molecule has 0 aromatic heterocycles. The van der Waals surface area contributed by atoms with Crippen molar-refractivity contribution < 1.29 is 9.90 Å². The fourth-order valence-electron chi connectivity index (χ4n) is 2.89. The number of nitrogens with zero attached hydrogens (tertiary/aromatic N) is 1. The standard InChI is InChI=1S/C14H27NO2/c1-3-4-5-6-8-12(2)15-10-7-9-13(15)11-14(16)17/h12-13H,3-11H2,1-2H3,(H,16,17). The Balaban J connectivity index is 2.28. The Bertz CT molecular complexity index is 230. The minimum atomic E-state index is -0.653. The summed E-state index contributed by atoms with van der Waals surface area (Å²) in [6.07, 6.45) is 8.97. The lowest BCUT2D eigenvalue weighted by Gasteiger charge is -2.30. The van der Waals surface area contributed by atoms with Crippen molar-refractivity contribution in [1.82, 2.24) is 4.90 Å². The summed E-state index contributed by atoms with van der Waals surface area (Å²) in [6.45, 7) is 5.58. The van der Waals surface area contributed by atoms with E-state index in [4.69, 9.17) is 5.11 Å². The van der Waals surface area contributed by atoms with Gasteiger partial charge in [0, 0.05) is 12.1 Å². The van der Waals surface area contributed by atoms with Crippen LogP contribution in [0.15, 0.2) is 0 Å². The van der Waals surface area contributed by atoms with E-state index in [1.807, 2.05) is 0 Å². The molecular formula is C14H27NO2. The summed E-state index contributed by atoms with van der Waals surface area (Å²) in [7, 11) is 0. The van der Waals surface area contributed by atoms with E-state index in [2.05, 4.69) is 18.7 Å². The summed E-state index contributed by atoms with van der Waals surface area (Å²) in [5, 5.41) is 8.89. The topological polar surface area (TPSA) is 40.5 Å². The van der Waals surface area contributed by atoms with Crippen LogP contribution in [0.4, 0.5) is 0 Å². The van der Waals surface area contributed by atoms with E-state index >= 15 is 0 Å². The summed E-state index contributed by atoms with van der Waals surface area (Å²) in [5.74, 6) is -0.653. The molecule has 0 aromatic rings. The lowest BCUT2D eigenvalue weighted by Crippen LogP contribution is -2.38. The van der Waals surface area contributed by atoms with Crippen LogP contribution in [-0.2, 0) is 4.79 Å². The molecule has 0 saturated carbocycles. The molecule has 0 aliphatic carbocycles. The van der Waals surface area contributed by atoms with Gasteiger partial charge in [0.25, 0.3) is 0 Å². The molecule has 0 radical (unpaired) electrons. The molecule has 0 aromatic carbocycles. The zero-order valence-corrected chi connectivity index (χ0v) is 11.3. The quantitative estimate of drug-likeness (QED) is 0.663. The van der Waals surface area contributed by atoms with Crippen LogP contribution in [0.5, 0.6) is 0 Å². The highest BCUT2D eigenvalue weighted by molar-refractivity contribution is 5.67. The van der Waals surface area contributed by atoms with Gasteiger partial charge in [0.15, 0.2) is 0 Å². The average Bonchev–Trinajstić information content (AvgIpc) is 2.71. The zero-order valence-electron chi connectivity index (χ0n) is 11.3. The molecule has 2 unspecified atom stereocenters. The highest BCUT2D eigenvalue weighted by Gasteiger charge is 2.29. The number of carboxylic acids is 1. The van der Waals surface area contributed by atoms with Gasteiger partial charge in [-0.25, -0.2) is 0 Å². The number of hydrogen-bond acceptors (Lipinski definition) is 2. The molecule has 1 N–H and O–H groups in total. The first-order valence-corrected chi connectivity index (χ1v) is 7.12. The molecule has 1 fully saturated rings. The molecule has 1 heterocycles. The fourth-order valence-corrected chi connectivity index (χ4v) is 2.89. The summed E-state index contributed by atoms with van der Waals surface area (Å²) in [4.78, 5) is 13.2. The number of aliphatic carboxylic acids is 1.